The molecule has 1 amide bonds. The van der Waals surface area contributed by atoms with E-state index in [0.717, 1.165) is 19.4 Å². The molecule has 110 valence electrons. The summed E-state index contributed by atoms with van der Waals surface area (Å²) in [7, 11) is 0. The van der Waals surface area contributed by atoms with Gasteiger partial charge in [0.15, 0.2) is 5.69 Å². The minimum atomic E-state index is -0.493. The fourth-order valence-corrected chi connectivity index (χ4v) is 1.69. The third kappa shape index (κ3) is 4.24. The summed E-state index contributed by atoms with van der Waals surface area (Å²) in [6.45, 7) is 2.91. The summed E-state index contributed by atoms with van der Waals surface area (Å²) < 4.78 is 13.4. The van der Waals surface area contributed by atoms with Gasteiger partial charge in [0.05, 0.1) is 5.69 Å². The Morgan fingerprint density at radius 1 is 1.19 bits per heavy atom. The molecule has 1 heterocycles. The molecule has 0 unspecified atom stereocenters. The van der Waals surface area contributed by atoms with E-state index in [1.807, 2.05) is 0 Å². The van der Waals surface area contributed by atoms with Gasteiger partial charge in [0.1, 0.15) is 11.6 Å². The van der Waals surface area contributed by atoms with Gasteiger partial charge in [0.25, 0.3) is 5.91 Å². The molecule has 0 saturated heterocycles. The van der Waals surface area contributed by atoms with Gasteiger partial charge in [-0.1, -0.05) is 25.5 Å². The Hall–Kier alpha value is -2.50. The van der Waals surface area contributed by atoms with Crippen molar-refractivity contribution in [2.75, 3.05) is 17.2 Å². The smallest absolute Gasteiger partial charge is 0.276 e. The van der Waals surface area contributed by atoms with Gasteiger partial charge in [-0.05, 0) is 30.7 Å². The second-order valence-electron chi connectivity index (χ2n) is 4.52. The first-order valence-corrected chi connectivity index (χ1v) is 6.84. The van der Waals surface area contributed by atoms with Gasteiger partial charge < -0.3 is 10.6 Å². The summed E-state index contributed by atoms with van der Waals surface area (Å²) in [5.74, 6) is -0.365. The summed E-state index contributed by atoms with van der Waals surface area (Å²) in [5.41, 5.74) is 0.258. The van der Waals surface area contributed by atoms with Crippen LogP contribution in [0.2, 0.25) is 0 Å². The van der Waals surface area contributed by atoms with Crippen molar-refractivity contribution < 1.29 is 9.18 Å². The number of aromatic nitrogens is 2. The normalized spacial score (nSPS) is 10.2. The maximum atomic E-state index is 13.4. The van der Waals surface area contributed by atoms with Crippen LogP contribution in [0.3, 0.4) is 0 Å². The zero-order chi connectivity index (χ0) is 15.1. The monoisotopic (exact) mass is 288 g/mol. The van der Waals surface area contributed by atoms with Crippen LogP contribution >= 0.6 is 0 Å². The molecule has 2 rings (SSSR count). The van der Waals surface area contributed by atoms with Crippen molar-refractivity contribution in [2.45, 2.75) is 19.8 Å². The Morgan fingerprint density at radius 3 is 2.67 bits per heavy atom. The van der Waals surface area contributed by atoms with Crippen LogP contribution in [0.1, 0.15) is 30.3 Å². The van der Waals surface area contributed by atoms with Crippen LogP contribution in [0.25, 0.3) is 0 Å². The van der Waals surface area contributed by atoms with E-state index in [1.54, 1.807) is 24.3 Å². The van der Waals surface area contributed by atoms with Gasteiger partial charge in [-0.25, -0.2) is 4.39 Å². The van der Waals surface area contributed by atoms with Crippen LogP contribution in [0, 0.1) is 5.82 Å². The number of anilines is 2. The van der Waals surface area contributed by atoms with E-state index < -0.39 is 11.7 Å². The quantitative estimate of drug-likeness (QED) is 0.802. The maximum absolute atomic E-state index is 13.4. The van der Waals surface area contributed by atoms with E-state index in [2.05, 4.69) is 27.8 Å². The second kappa shape index (κ2) is 7.33. The van der Waals surface area contributed by atoms with Crippen molar-refractivity contribution in [3.05, 3.63) is 47.9 Å². The molecule has 1 aromatic carbocycles. The lowest BCUT2D eigenvalue weighted by Crippen LogP contribution is -2.15. The molecule has 1 aromatic heterocycles. The molecule has 21 heavy (non-hydrogen) atoms. The molecule has 0 aliphatic carbocycles. The molecule has 5 nitrogen and oxygen atoms in total. The van der Waals surface area contributed by atoms with E-state index in [4.69, 9.17) is 0 Å². The van der Waals surface area contributed by atoms with Gasteiger partial charge in [0, 0.05) is 6.54 Å². The van der Waals surface area contributed by atoms with Crippen molar-refractivity contribution in [1.29, 1.82) is 0 Å². The average Bonchev–Trinajstić information content (AvgIpc) is 2.50. The molecule has 0 aliphatic rings. The van der Waals surface area contributed by atoms with Gasteiger partial charge in [-0.15, -0.1) is 10.2 Å². The number of halogens is 1. The SMILES string of the molecule is CCCCNc1ccc(C(=O)Nc2ccccc2F)nn1. The highest BCUT2D eigenvalue weighted by Gasteiger charge is 2.10. The molecule has 0 saturated carbocycles. The Balaban J connectivity index is 1.98. The number of hydrogen-bond donors (Lipinski definition) is 2. The van der Waals surface area contributed by atoms with Crippen LogP contribution in [-0.2, 0) is 0 Å². The lowest BCUT2D eigenvalue weighted by molar-refractivity contribution is 0.102. The van der Waals surface area contributed by atoms with Gasteiger partial charge >= 0.3 is 0 Å². The summed E-state index contributed by atoms with van der Waals surface area (Å²) in [6, 6.07) is 9.20. The number of nitrogens with one attached hydrogen (secondary N) is 2. The minimum Gasteiger partial charge on any atom is -0.369 e. The van der Waals surface area contributed by atoms with Gasteiger partial charge in [-0.2, -0.15) is 0 Å². The van der Waals surface area contributed by atoms with Crippen molar-refractivity contribution in [3.63, 3.8) is 0 Å². The minimum absolute atomic E-state index is 0.120. The first kappa shape index (κ1) is 14.9. The number of carbonyl (C=O) groups excluding carboxylic acids is 1. The maximum Gasteiger partial charge on any atom is 0.276 e. The average molecular weight is 288 g/mol. The molecule has 0 fully saturated rings. The summed E-state index contributed by atoms with van der Waals surface area (Å²) in [4.78, 5) is 11.9. The van der Waals surface area contributed by atoms with E-state index in [1.165, 1.54) is 12.1 Å². The molecule has 0 bridgehead atoms. The number of nitrogens with zero attached hydrogens (tertiary/aromatic N) is 2. The number of unbranched alkanes of at least 4 members (excludes halogenated alkanes) is 1. The molecule has 0 radical (unpaired) electrons. The zero-order valence-electron chi connectivity index (χ0n) is 11.8. The molecule has 2 aromatic rings. The number of para-hydroxylation sites is 1. The van der Waals surface area contributed by atoms with Crippen molar-refractivity contribution >= 4 is 17.4 Å². The zero-order valence-corrected chi connectivity index (χ0v) is 11.8. The van der Waals surface area contributed by atoms with Crippen molar-refractivity contribution in [2.24, 2.45) is 0 Å². The van der Waals surface area contributed by atoms with Gasteiger partial charge in [-0.3, -0.25) is 4.79 Å². The summed E-state index contributed by atoms with van der Waals surface area (Å²) in [5, 5.41) is 13.3. The second-order valence-corrected chi connectivity index (χ2v) is 4.52. The summed E-state index contributed by atoms with van der Waals surface area (Å²) in [6.07, 6.45) is 2.13. The van der Waals surface area contributed by atoms with E-state index >= 15 is 0 Å². The Labute approximate surface area is 122 Å². The van der Waals surface area contributed by atoms with Crippen LogP contribution in [0.4, 0.5) is 15.9 Å². The van der Waals surface area contributed by atoms with E-state index in [-0.39, 0.29) is 11.4 Å². The Kier molecular flexibility index (Phi) is 5.20. The predicted octanol–water partition coefficient (Wildman–Crippen LogP) is 3.08. The van der Waals surface area contributed by atoms with E-state index in [9.17, 15) is 9.18 Å². The standard InChI is InChI=1S/C15H17FN4O/c1-2-3-10-17-14-9-8-13(19-20-14)15(21)18-12-7-5-4-6-11(12)16/h4-9H,2-3,10H2,1H3,(H,17,20)(H,18,21). The number of hydrogen-bond acceptors (Lipinski definition) is 4. The Bertz CT molecular complexity index is 601. The number of rotatable bonds is 6. The highest BCUT2D eigenvalue weighted by atomic mass is 19.1. The van der Waals surface area contributed by atoms with Crippen molar-refractivity contribution in [1.82, 2.24) is 10.2 Å². The largest absolute Gasteiger partial charge is 0.369 e. The van der Waals surface area contributed by atoms with E-state index in [0.29, 0.717) is 5.82 Å². The topological polar surface area (TPSA) is 66.9 Å². The molecule has 6 heteroatoms. The predicted molar refractivity (Wildman–Crippen MR) is 79.8 cm³/mol. The molecule has 2 N–H and O–H groups in total. The van der Waals surface area contributed by atoms with Gasteiger partial charge in [0.2, 0.25) is 0 Å². The molecular formula is C15H17FN4O. The number of amides is 1. The number of benzene rings is 1. The van der Waals surface area contributed by atoms with Crippen LogP contribution in [0.5, 0.6) is 0 Å². The highest BCUT2D eigenvalue weighted by Crippen LogP contribution is 2.13. The molecule has 0 aliphatic heterocycles. The lowest BCUT2D eigenvalue weighted by atomic mass is 10.3. The fraction of sp³-hybridized carbons (Fsp3) is 0.267. The lowest BCUT2D eigenvalue weighted by Gasteiger charge is -2.06. The third-order valence-electron chi connectivity index (χ3n) is 2.86. The van der Waals surface area contributed by atoms with Crippen LogP contribution < -0.4 is 10.6 Å². The molecular weight excluding hydrogens is 271 g/mol. The van der Waals surface area contributed by atoms with Crippen molar-refractivity contribution in [3.8, 4) is 0 Å². The highest BCUT2D eigenvalue weighted by molar-refractivity contribution is 6.02. The third-order valence-corrected chi connectivity index (χ3v) is 2.86. The molecule has 0 atom stereocenters. The van der Waals surface area contributed by atoms with Crippen LogP contribution in [-0.4, -0.2) is 22.6 Å². The Morgan fingerprint density at radius 2 is 2.00 bits per heavy atom. The fourth-order valence-electron chi connectivity index (χ4n) is 1.69. The molecule has 0 spiro atoms. The number of carbonyl (C=O) groups is 1. The first-order chi connectivity index (χ1) is 10.2. The first-order valence-electron chi connectivity index (χ1n) is 6.84. The summed E-state index contributed by atoms with van der Waals surface area (Å²) >= 11 is 0. The van der Waals surface area contributed by atoms with Crippen LogP contribution in [0.15, 0.2) is 36.4 Å².